The summed E-state index contributed by atoms with van der Waals surface area (Å²) in [6.07, 6.45) is 0. The van der Waals surface area contributed by atoms with Crippen molar-refractivity contribution in [2.75, 3.05) is 0 Å². The van der Waals surface area contributed by atoms with Gasteiger partial charge in [0.1, 0.15) is 11.2 Å². The second-order valence-corrected chi connectivity index (χ2v) is 14.8. The molecule has 12 aromatic rings. The molecular weight excluding hydrogens is 711 g/mol. The Hall–Kier alpha value is -7.83. The molecule has 272 valence electrons. The fourth-order valence-electron chi connectivity index (χ4n) is 8.99. The molecule has 6 nitrogen and oxygen atoms in total. The van der Waals surface area contributed by atoms with Crippen molar-refractivity contribution in [3.63, 3.8) is 0 Å². The first kappa shape index (κ1) is 32.4. The molecule has 0 amide bonds. The van der Waals surface area contributed by atoms with E-state index in [4.69, 9.17) is 19.4 Å². The lowest BCUT2D eigenvalue weighted by Gasteiger charge is -2.15. The summed E-state index contributed by atoms with van der Waals surface area (Å²) in [4.78, 5) is 15.4. The van der Waals surface area contributed by atoms with Gasteiger partial charge < -0.3 is 13.6 Å². The summed E-state index contributed by atoms with van der Waals surface area (Å²) in [5, 5.41) is 6.82. The molecule has 0 aliphatic rings. The Morgan fingerprint density at radius 1 is 0.431 bits per heavy atom. The largest absolute Gasteiger partial charge is 0.455 e. The van der Waals surface area contributed by atoms with Gasteiger partial charge in [-0.15, -0.1) is 0 Å². The highest BCUT2D eigenvalue weighted by Gasteiger charge is 2.26. The van der Waals surface area contributed by atoms with Crippen molar-refractivity contribution in [3.8, 4) is 45.5 Å². The van der Waals surface area contributed by atoms with Gasteiger partial charge in [0, 0.05) is 43.7 Å². The fraction of sp³-hybridized carbons (Fsp3) is 0.0192. The molecule has 12 rings (SSSR count). The van der Waals surface area contributed by atoms with Crippen LogP contribution in [0.1, 0.15) is 5.56 Å². The Bertz CT molecular complexity index is 3510. The molecule has 0 bridgehead atoms. The number of nitrogens with zero attached hydrogens (tertiary/aromatic N) is 5. The van der Waals surface area contributed by atoms with E-state index in [2.05, 4.69) is 125 Å². The first-order chi connectivity index (χ1) is 28.7. The van der Waals surface area contributed by atoms with Crippen molar-refractivity contribution in [2.45, 2.75) is 6.92 Å². The average molecular weight is 744 g/mol. The van der Waals surface area contributed by atoms with E-state index in [1.54, 1.807) is 0 Å². The van der Waals surface area contributed by atoms with E-state index >= 15 is 0 Å². The lowest BCUT2D eigenvalue weighted by Crippen LogP contribution is -2.03. The van der Waals surface area contributed by atoms with Gasteiger partial charge in [-0.05, 0) is 55.0 Å². The summed E-state index contributed by atoms with van der Waals surface area (Å²) < 4.78 is 11.8. The summed E-state index contributed by atoms with van der Waals surface area (Å²) in [7, 11) is 0. The summed E-state index contributed by atoms with van der Waals surface area (Å²) in [6, 6.07) is 63.6. The van der Waals surface area contributed by atoms with Crippen LogP contribution in [0.2, 0.25) is 0 Å². The van der Waals surface area contributed by atoms with E-state index in [1.807, 2.05) is 72.8 Å². The molecule has 0 aliphatic carbocycles. The molecule has 58 heavy (non-hydrogen) atoms. The molecule has 0 fully saturated rings. The number of benzene rings is 8. The fourth-order valence-corrected chi connectivity index (χ4v) is 8.99. The maximum atomic E-state index is 6.97. The Morgan fingerprint density at radius 3 is 1.67 bits per heavy atom. The standard InChI is InChI=1S/C52H33N5O/c1-32-31-43(57-40-26-14-11-23-36(40)37-29-30-42-46(48(37)57)38-24-12-15-27-41(38)56(42)35-21-9-4-10-22-35)47-39-25-13-16-28-44(39)58-49(47)45(32)52-54-50(33-17-5-2-6-18-33)53-51(55-52)34-19-7-3-8-20-34/h2-31H,1H3. The van der Waals surface area contributed by atoms with Crippen molar-refractivity contribution >= 4 is 65.6 Å². The van der Waals surface area contributed by atoms with Crippen LogP contribution >= 0.6 is 0 Å². The number of fused-ring (bicyclic) bond motifs is 10. The molecule has 0 atom stereocenters. The molecule has 8 aromatic carbocycles. The minimum absolute atomic E-state index is 0.566. The van der Waals surface area contributed by atoms with Gasteiger partial charge >= 0.3 is 0 Å². The van der Waals surface area contributed by atoms with E-state index in [0.29, 0.717) is 17.5 Å². The van der Waals surface area contributed by atoms with Crippen LogP contribution < -0.4 is 0 Å². The molecule has 0 aliphatic heterocycles. The minimum Gasteiger partial charge on any atom is -0.455 e. The molecule has 0 N–H and O–H groups in total. The first-order valence-electron chi connectivity index (χ1n) is 19.5. The number of aryl methyl sites for hydroxylation is 1. The van der Waals surface area contributed by atoms with Crippen LogP contribution in [-0.2, 0) is 0 Å². The summed E-state index contributed by atoms with van der Waals surface area (Å²) in [6.45, 7) is 2.14. The number of aromatic nitrogens is 5. The molecule has 0 spiro atoms. The van der Waals surface area contributed by atoms with E-state index in [9.17, 15) is 0 Å². The van der Waals surface area contributed by atoms with Crippen LogP contribution in [0.25, 0.3) is 111 Å². The van der Waals surface area contributed by atoms with Gasteiger partial charge in [-0.2, -0.15) is 0 Å². The van der Waals surface area contributed by atoms with Crippen molar-refractivity contribution in [1.82, 2.24) is 24.1 Å². The maximum absolute atomic E-state index is 6.97. The Balaban J connectivity index is 1.22. The molecule has 6 heteroatoms. The summed E-state index contributed by atoms with van der Waals surface area (Å²) in [5.41, 5.74) is 12.0. The second kappa shape index (κ2) is 12.6. The van der Waals surface area contributed by atoms with Gasteiger partial charge in [0.25, 0.3) is 0 Å². The number of rotatable bonds is 5. The van der Waals surface area contributed by atoms with Crippen molar-refractivity contribution in [2.24, 2.45) is 0 Å². The van der Waals surface area contributed by atoms with Crippen LogP contribution in [0.5, 0.6) is 0 Å². The summed E-state index contributed by atoms with van der Waals surface area (Å²) >= 11 is 0. The Kier molecular flexibility index (Phi) is 7.04. The zero-order valence-corrected chi connectivity index (χ0v) is 31.5. The SMILES string of the molecule is Cc1cc(-n2c3ccccc3c3ccc4c(c5ccccc5n4-c4ccccc4)c32)c2c(oc3ccccc32)c1-c1nc(-c2ccccc2)nc(-c2ccccc2)n1. The Morgan fingerprint density at radius 2 is 0.983 bits per heavy atom. The van der Waals surface area contributed by atoms with Crippen LogP contribution in [0.15, 0.2) is 186 Å². The number of furan rings is 1. The maximum Gasteiger partial charge on any atom is 0.168 e. The van der Waals surface area contributed by atoms with Gasteiger partial charge in [-0.3, -0.25) is 0 Å². The topological polar surface area (TPSA) is 61.7 Å². The van der Waals surface area contributed by atoms with Crippen LogP contribution in [-0.4, -0.2) is 24.1 Å². The minimum atomic E-state index is 0.566. The smallest absolute Gasteiger partial charge is 0.168 e. The highest BCUT2D eigenvalue weighted by molar-refractivity contribution is 6.27. The van der Waals surface area contributed by atoms with Gasteiger partial charge in [0.2, 0.25) is 0 Å². The van der Waals surface area contributed by atoms with E-state index < -0.39 is 0 Å². The predicted octanol–water partition coefficient (Wildman–Crippen LogP) is 13.3. The zero-order chi connectivity index (χ0) is 38.3. The zero-order valence-electron chi connectivity index (χ0n) is 31.5. The quantitative estimate of drug-likeness (QED) is 0.176. The third-order valence-corrected chi connectivity index (χ3v) is 11.5. The molecular formula is C52H33N5O. The van der Waals surface area contributed by atoms with Crippen LogP contribution in [0, 0.1) is 6.92 Å². The molecule has 4 heterocycles. The normalized spacial score (nSPS) is 11.9. The Labute approximate surface area is 332 Å². The van der Waals surface area contributed by atoms with Crippen molar-refractivity contribution < 1.29 is 4.42 Å². The molecule has 4 aromatic heterocycles. The van der Waals surface area contributed by atoms with E-state index in [-0.39, 0.29) is 0 Å². The van der Waals surface area contributed by atoms with Crippen molar-refractivity contribution in [1.29, 1.82) is 0 Å². The van der Waals surface area contributed by atoms with Crippen LogP contribution in [0.3, 0.4) is 0 Å². The third-order valence-electron chi connectivity index (χ3n) is 11.5. The highest BCUT2D eigenvalue weighted by Crippen LogP contribution is 2.46. The number of para-hydroxylation sites is 4. The van der Waals surface area contributed by atoms with Gasteiger partial charge in [-0.1, -0.05) is 140 Å². The molecule has 0 unspecified atom stereocenters. The third kappa shape index (κ3) is 4.75. The number of hydrogen-bond acceptors (Lipinski definition) is 4. The lowest BCUT2D eigenvalue weighted by atomic mass is 10.0. The van der Waals surface area contributed by atoms with Gasteiger partial charge in [0.15, 0.2) is 17.5 Å². The second-order valence-electron chi connectivity index (χ2n) is 14.8. The summed E-state index contributed by atoms with van der Waals surface area (Å²) in [5.74, 6) is 1.78. The predicted molar refractivity (Wildman–Crippen MR) is 237 cm³/mol. The lowest BCUT2D eigenvalue weighted by molar-refractivity contribution is 0.669. The molecule has 0 radical (unpaired) electrons. The van der Waals surface area contributed by atoms with Gasteiger partial charge in [-0.25, -0.2) is 15.0 Å². The molecule has 0 saturated heterocycles. The van der Waals surface area contributed by atoms with Crippen LogP contribution in [0.4, 0.5) is 0 Å². The van der Waals surface area contributed by atoms with Crippen molar-refractivity contribution in [3.05, 3.63) is 188 Å². The number of hydrogen-bond donors (Lipinski definition) is 0. The van der Waals surface area contributed by atoms with E-state index in [0.717, 1.165) is 77.6 Å². The van der Waals surface area contributed by atoms with Gasteiger partial charge in [0.05, 0.1) is 38.7 Å². The highest BCUT2D eigenvalue weighted by atomic mass is 16.3. The monoisotopic (exact) mass is 743 g/mol. The first-order valence-corrected chi connectivity index (χ1v) is 19.5. The molecule has 0 saturated carbocycles. The van der Waals surface area contributed by atoms with E-state index in [1.165, 1.54) is 21.5 Å². The average Bonchev–Trinajstić information content (AvgIpc) is 3.95.